The van der Waals surface area contributed by atoms with E-state index in [4.69, 9.17) is 5.11 Å². The molecule has 0 unspecified atom stereocenters. The normalized spacial score (nSPS) is 10.6. The Morgan fingerprint density at radius 3 is 3.00 bits per heavy atom. The number of benzene rings is 1. The second kappa shape index (κ2) is 5.23. The maximum absolute atomic E-state index is 8.83. The molecule has 0 fully saturated rings. The van der Waals surface area contributed by atoms with Gasteiger partial charge in [-0.2, -0.15) is 0 Å². The summed E-state index contributed by atoms with van der Waals surface area (Å²) in [6.45, 7) is 2.30. The number of aromatic nitrogens is 1. The average molecular weight is 233 g/mol. The standard InChI is InChI=1S/C13H15NOS/c1-10-3-2-4-11(7-10)8-13-14-9-12(16-13)5-6-15/h2-4,7,9,15H,5-6,8H2,1H3. The summed E-state index contributed by atoms with van der Waals surface area (Å²) in [7, 11) is 0. The van der Waals surface area contributed by atoms with E-state index in [1.54, 1.807) is 11.3 Å². The van der Waals surface area contributed by atoms with Crippen LogP contribution in [-0.4, -0.2) is 16.7 Å². The highest BCUT2D eigenvalue weighted by molar-refractivity contribution is 7.11. The summed E-state index contributed by atoms with van der Waals surface area (Å²) in [5.41, 5.74) is 2.58. The van der Waals surface area contributed by atoms with Crippen molar-refractivity contribution in [2.75, 3.05) is 6.61 Å². The van der Waals surface area contributed by atoms with Crippen LogP contribution in [0.2, 0.25) is 0 Å². The molecule has 1 aromatic heterocycles. The van der Waals surface area contributed by atoms with Crippen LogP contribution in [0.5, 0.6) is 0 Å². The highest BCUT2D eigenvalue weighted by Crippen LogP contribution is 2.17. The molecule has 84 valence electrons. The largest absolute Gasteiger partial charge is 0.396 e. The molecule has 0 amide bonds. The highest BCUT2D eigenvalue weighted by Gasteiger charge is 2.03. The third-order valence-electron chi connectivity index (χ3n) is 2.40. The Morgan fingerprint density at radius 1 is 1.38 bits per heavy atom. The van der Waals surface area contributed by atoms with E-state index in [1.807, 2.05) is 6.20 Å². The Bertz CT molecular complexity index is 464. The molecule has 0 bridgehead atoms. The van der Waals surface area contributed by atoms with E-state index in [0.717, 1.165) is 16.3 Å². The van der Waals surface area contributed by atoms with E-state index in [0.29, 0.717) is 6.42 Å². The monoisotopic (exact) mass is 233 g/mol. The Balaban J connectivity index is 2.08. The zero-order valence-corrected chi connectivity index (χ0v) is 10.1. The predicted molar refractivity (Wildman–Crippen MR) is 66.9 cm³/mol. The summed E-state index contributed by atoms with van der Waals surface area (Å²) in [6.07, 6.45) is 3.47. The first kappa shape index (κ1) is 11.3. The molecule has 2 nitrogen and oxygen atoms in total. The summed E-state index contributed by atoms with van der Waals surface area (Å²) in [6, 6.07) is 8.49. The zero-order valence-electron chi connectivity index (χ0n) is 9.31. The number of aliphatic hydroxyl groups excluding tert-OH is 1. The average Bonchev–Trinajstić information content (AvgIpc) is 2.66. The fourth-order valence-electron chi connectivity index (χ4n) is 1.65. The van der Waals surface area contributed by atoms with E-state index in [-0.39, 0.29) is 6.61 Å². The molecule has 0 atom stereocenters. The minimum absolute atomic E-state index is 0.200. The molecule has 0 radical (unpaired) electrons. The van der Waals surface area contributed by atoms with Gasteiger partial charge >= 0.3 is 0 Å². The van der Waals surface area contributed by atoms with Crippen LogP contribution in [0.4, 0.5) is 0 Å². The SMILES string of the molecule is Cc1cccc(Cc2ncc(CCO)s2)c1. The highest BCUT2D eigenvalue weighted by atomic mass is 32.1. The number of aryl methyl sites for hydroxylation is 1. The molecule has 2 aromatic rings. The van der Waals surface area contributed by atoms with Gasteiger partial charge in [0.1, 0.15) is 0 Å². The Kier molecular flexibility index (Phi) is 3.70. The lowest BCUT2D eigenvalue weighted by Gasteiger charge is -1.99. The Labute approximate surface area is 99.6 Å². The number of thiazole rings is 1. The quantitative estimate of drug-likeness (QED) is 0.880. The van der Waals surface area contributed by atoms with Gasteiger partial charge in [-0.1, -0.05) is 29.8 Å². The molecule has 1 N–H and O–H groups in total. The summed E-state index contributed by atoms with van der Waals surface area (Å²) < 4.78 is 0. The number of rotatable bonds is 4. The van der Waals surface area contributed by atoms with Crippen LogP contribution >= 0.6 is 11.3 Å². The Hall–Kier alpha value is -1.19. The molecule has 1 aromatic carbocycles. The summed E-state index contributed by atoms with van der Waals surface area (Å²) >= 11 is 1.69. The van der Waals surface area contributed by atoms with Gasteiger partial charge in [-0.25, -0.2) is 4.98 Å². The molecule has 1 heterocycles. The fourth-order valence-corrected chi connectivity index (χ4v) is 2.60. The van der Waals surface area contributed by atoms with E-state index in [1.165, 1.54) is 11.1 Å². The zero-order chi connectivity index (χ0) is 11.4. The lowest BCUT2D eigenvalue weighted by atomic mass is 10.1. The van der Waals surface area contributed by atoms with Gasteiger partial charge in [0.25, 0.3) is 0 Å². The number of aliphatic hydroxyl groups is 1. The Morgan fingerprint density at radius 2 is 2.25 bits per heavy atom. The van der Waals surface area contributed by atoms with Crippen molar-refractivity contribution < 1.29 is 5.11 Å². The lowest BCUT2D eigenvalue weighted by molar-refractivity contribution is 0.300. The van der Waals surface area contributed by atoms with Crippen molar-refractivity contribution in [2.24, 2.45) is 0 Å². The van der Waals surface area contributed by atoms with Gasteiger partial charge in [0.05, 0.1) is 5.01 Å². The number of hydrogen-bond donors (Lipinski definition) is 1. The van der Waals surface area contributed by atoms with Crippen LogP contribution in [0.15, 0.2) is 30.5 Å². The van der Waals surface area contributed by atoms with Crippen LogP contribution in [-0.2, 0) is 12.8 Å². The van der Waals surface area contributed by atoms with Crippen molar-refractivity contribution in [3.8, 4) is 0 Å². The maximum atomic E-state index is 8.83. The first-order valence-corrected chi connectivity index (χ1v) is 6.19. The van der Waals surface area contributed by atoms with Gasteiger partial charge in [-0.3, -0.25) is 0 Å². The van der Waals surface area contributed by atoms with Crippen LogP contribution in [0, 0.1) is 6.92 Å². The first-order valence-electron chi connectivity index (χ1n) is 5.38. The van der Waals surface area contributed by atoms with E-state index < -0.39 is 0 Å². The van der Waals surface area contributed by atoms with Gasteiger partial charge in [0.2, 0.25) is 0 Å². The van der Waals surface area contributed by atoms with Crippen LogP contribution in [0.1, 0.15) is 21.0 Å². The second-order valence-electron chi connectivity index (χ2n) is 3.86. The molecule has 0 spiro atoms. The molecule has 3 heteroatoms. The maximum Gasteiger partial charge on any atom is 0.0971 e. The molecule has 0 saturated carbocycles. The lowest BCUT2D eigenvalue weighted by Crippen LogP contribution is -1.87. The molecular formula is C13H15NOS. The van der Waals surface area contributed by atoms with E-state index >= 15 is 0 Å². The predicted octanol–water partition coefficient (Wildman–Crippen LogP) is 2.58. The number of hydrogen-bond acceptors (Lipinski definition) is 3. The molecule has 0 saturated heterocycles. The van der Waals surface area contributed by atoms with E-state index in [9.17, 15) is 0 Å². The van der Waals surface area contributed by atoms with Crippen LogP contribution < -0.4 is 0 Å². The molecule has 0 aliphatic carbocycles. The van der Waals surface area contributed by atoms with Crippen molar-refractivity contribution in [1.82, 2.24) is 4.98 Å². The van der Waals surface area contributed by atoms with Crippen molar-refractivity contribution in [1.29, 1.82) is 0 Å². The second-order valence-corrected chi connectivity index (χ2v) is 5.06. The van der Waals surface area contributed by atoms with Crippen molar-refractivity contribution in [3.05, 3.63) is 51.5 Å². The van der Waals surface area contributed by atoms with Crippen molar-refractivity contribution >= 4 is 11.3 Å². The van der Waals surface area contributed by atoms with Crippen LogP contribution in [0.3, 0.4) is 0 Å². The molecule has 2 rings (SSSR count). The topological polar surface area (TPSA) is 33.1 Å². The van der Waals surface area contributed by atoms with Gasteiger partial charge in [-0.15, -0.1) is 11.3 Å². The van der Waals surface area contributed by atoms with Crippen LogP contribution in [0.25, 0.3) is 0 Å². The molecule has 0 aliphatic rings. The smallest absolute Gasteiger partial charge is 0.0971 e. The minimum atomic E-state index is 0.200. The summed E-state index contributed by atoms with van der Waals surface area (Å²) in [5.74, 6) is 0. The fraction of sp³-hybridized carbons (Fsp3) is 0.308. The molecular weight excluding hydrogens is 218 g/mol. The summed E-state index contributed by atoms with van der Waals surface area (Å²) in [4.78, 5) is 5.52. The first-order chi connectivity index (χ1) is 7.78. The third kappa shape index (κ3) is 2.90. The minimum Gasteiger partial charge on any atom is -0.396 e. The van der Waals surface area contributed by atoms with Crippen molar-refractivity contribution in [2.45, 2.75) is 19.8 Å². The van der Waals surface area contributed by atoms with Crippen molar-refractivity contribution in [3.63, 3.8) is 0 Å². The summed E-state index contributed by atoms with van der Waals surface area (Å²) in [5, 5.41) is 9.95. The van der Waals surface area contributed by atoms with E-state index in [2.05, 4.69) is 36.2 Å². The molecule has 16 heavy (non-hydrogen) atoms. The third-order valence-corrected chi connectivity index (χ3v) is 3.45. The van der Waals surface area contributed by atoms with Gasteiger partial charge in [0, 0.05) is 30.5 Å². The van der Waals surface area contributed by atoms with Gasteiger partial charge in [0.15, 0.2) is 0 Å². The number of nitrogens with zero attached hydrogens (tertiary/aromatic N) is 1. The van der Waals surface area contributed by atoms with Gasteiger partial charge < -0.3 is 5.11 Å². The van der Waals surface area contributed by atoms with Gasteiger partial charge in [-0.05, 0) is 12.5 Å². The molecule has 0 aliphatic heterocycles.